The zero-order chi connectivity index (χ0) is 79.9. The number of rotatable bonds is 77. The number of phosphoric acid groups is 1. The minimum Gasteiger partial charge on any atom is -0.462 e. The van der Waals surface area contributed by atoms with Gasteiger partial charge in [0.05, 0.1) is 32.7 Å². The summed E-state index contributed by atoms with van der Waals surface area (Å²) in [4.78, 5) is 108. The Morgan fingerprint density at radius 2 is 0.750 bits per heavy atom. The van der Waals surface area contributed by atoms with Crippen molar-refractivity contribution in [2.24, 2.45) is 11.8 Å². The normalized spacial score (nSPS) is 17.0. The molecular weight excluding hydrogens is 1390 g/mol. The lowest BCUT2D eigenvalue weighted by molar-refractivity contribution is -0.271. The fourth-order valence-corrected chi connectivity index (χ4v) is 15.2. The summed E-state index contributed by atoms with van der Waals surface area (Å²) >= 11 is 0. The fraction of sp³-hybridized carbons (Fsp3) is 0.932. The molecule has 5 N–H and O–H groups in total. The lowest BCUT2D eigenvalue weighted by Gasteiger charge is -2.45. The van der Waals surface area contributed by atoms with Gasteiger partial charge in [0, 0.05) is 37.5 Å². The second-order valence-corrected chi connectivity index (χ2v) is 32.6. The summed E-state index contributed by atoms with van der Waals surface area (Å²) in [6.07, 6.45) is 42.8. The number of ether oxygens (including phenoxy) is 5. The number of carbonyl (C=O) groups is 6. The number of aliphatic hydroxyl groups is 2. The summed E-state index contributed by atoms with van der Waals surface area (Å²) in [6, 6.07) is -1.60. The van der Waals surface area contributed by atoms with E-state index in [1.165, 1.54) is 122 Å². The number of esters is 3. The summed E-state index contributed by atoms with van der Waals surface area (Å²) in [5, 5.41) is 24.7. The molecule has 1 fully saturated rings. The van der Waals surface area contributed by atoms with Crippen molar-refractivity contribution in [2.45, 2.75) is 478 Å². The van der Waals surface area contributed by atoms with E-state index in [0.717, 1.165) is 173 Å². The third-order valence-electron chi connectivity index (χ3n) is 21.7. The van der Waals surface area contributed by atoms with Gasteiger partial charge < -0.3 is 53.9 Å². The average molecular weight is 1560 g/mol. The molecule has 1 saturated heterocycles. The van der Waals surface area contributed by atoms with Crippen molar-refractivity contribution in [1.82, 2.24) is 10.2 Å². The predicted molar refractivity (Wildman–Crippen MR) is 440 cm³/mol. The van der Waals surface area contributed by atoms with Gasteiger partial charge in [-0.1, -0.05) is 338 Å². The predicted octanol–water partition coefficient (Wildman–Crippen LogP) is 21.9. The molecule has 638 valence electrons. The molecule has 9 atom stereocenters. The van der Waals surface area contributed by atoms with Crippen LogP contribution in [0.2, 0.25) is 0 Å². The smallest absolute Gasteiger partial charge is 0.462 e. The summed E-state index contributed by atoms with van der Waals surface area (Å²) in [7, 11) is -5.48. The van der Waals surface area contributed by atoms with Gasteiger partial charge in [-0.15, -0.1) is 0 Å². The highest BCUT2D eigenvalue weighted by Crippen LogP contribution is 2.43. The zero-order valence-corrected chi connectivity index (χ0v) is 71.8. The first-order valence-corrected chi connectivity index (χ1v) is 46.8. The largest absolute Gasteiger partial charge is 0.470 e. The van der Waals surface area contributed by atoms with Crippen LogP contribution in [0.25, 0.3) is 0 Å². The maximum Gasteiger partial charge on any atom is 0.470 e. The number of Topliss-reactive ketones (excluding diaryl/α,β-unsaturated/α-hetero) is 2. The molecule has 0 aliphatic carbocycles. The number of amides is 1. The number of aliphatic hydroxyl groups excluding tert-OH is 2. The molecule has 0 radical (unpaired) electrons. The Balaban J connectivity index is 0.0000155. The molecule has 0 aromatic heterocycles. The zero-order valence-electron chi connectivity index (χ0n) is 70.9. The molecule has 0 unspecified atom stereocenters. The molecule has 0 spiro atoms. The van der Waals surface area contributed by atoms with Gasteiger partial charge in [0.1, 0.15) is 42.0 Å². The van der Waals surface area contributed by atoms with E-state index < -0.39 is 93.6 Å². The van der Waals surface area contributed by atoms with E-state index in [1.54, 1.807) is 0 Å². The molecule has 1 rings (SSSR count). The second kappa shape index (κ2) is 74.3. The van der Waals surface area contributed by atoms with E-state index in [2.05, 4.69) is 72.5 Å². The van der Waals surface area contributed by atoms with Crippen molar-refractivity contribution in [1.29, 1.82) is 0 Å². The third-order valence-corrected chi connectivity index (χ3v) is 22.2. The average Bonchev–Trinajstić information content (AvgIpc) is 0.780. The Kier molecular flexibility index (Phi) is 72.3. The number of carbonyl (C=O) groups excluding carboxylic acids is 6. The van der Waals surface area contributed by atoms with Crippen molar-refractivity contribution in [3.8, 4) is 0 Å². The van der Waals surface area contributed by atoms with Crippen molar-refractivity contribution in [3.63, 3.8) is 0 Å². The number of hydrogen-bond acceptors (Lipinski definition) is 16. The van der Waals surface area contributed by atoms with Crippen LogP contribution in [0.5, 0.6) is 0 Å². The third kappa shape index (κ3) is 59.8. The lowest BCUT2D eigenvalue weighted by Crippen LogP contribution is -2.66. The standard InChI is InChI=1S/C82H154NO17P.C6H15N/c1-7-13-19-25-31-34-40-43-49-55-68(72(86)58-52-46-37-28-22-16-10-4)63-78(91)99-81-79(83-75(88)65-71(57-51-45-42-36-33-27-21-15-9-3)97-77(90)60-54-48-39-30-24-18-12-6)82(98-74(67-85)80(81)100-101(92,93)94)95-62-61-69(66-84)73(87)64-70(56-50-44-41-35-32-26-20-14-8-2)96-76(89)59-53-47-38-29-23-17-11-5;1-4-7(5-2)6-3/h68-71,74,79-82,84-85H,7-67H2,1-6H3,(H,83,88)(H2,92,93,94);4-6H2,1-3H3/t68-,69+,70-,71-,74-,79+,80-,81-,82+;/m1./s1. The van der Waals surface area contributed by atoms with Crippen molar-refractivity contribution in [3.05, 3.63) is 0 Å². The Bertz CT molecular complexity index is 2160. The Morgan fingerprint density at radius 1 is 0.398 bits per heavy atom. The highest BCUT2D eigenvalue weighted by molar-refractivity contribution is 7.46. The summed E-state index contributed by atoms with van der Waals surface area (Å²) < 4.78 is 49.5. The van der Waals surface area contributed by atoms with Crippen LogP contribution in [0.1, 0.15) is 435 Å². The summed E-state index contributed by atoms with van der Waals surface area (Å²) in [5.74, 6) is -4.51. The van der Waals surface area contributed by atoms with Crippen LogP contribution in [0.15, 0.2) is 0 Å². The summed E-state index contributed by atoms with van der Waals surface area (Å²) in [6.45, 7) is 21.4. The quantitative estimate of drug-likeness (QED) is 0.0164. The molecule has 1 aliphatic heterocycles. The van der Waals surface area contributed by atoms with Gasteiger partial charge in [0.15, 0.2) is 12.4 Å². The fourth-order valence-electron chi connectivity index (χ4n) is 14.6. The van der Waals surface area contributed by atoms with Gasteiger partial charge in [-0.05, 0) is 77.4 Å². The number of nitrogens with one attached hydrogen (secondary N) is 1. The topological polar surface area (TPSA) is 271 Å². The molecule has 1 aliphatic rings. The van der Waals surface area contributed by atoms with Gasteiger partial charge in [-0.25, -0.2) is 4.57 Å². The number of nitrogens with zero attached hydrogens (tertiary/aromatic N) is 1. The van der Waals surface area contributed by atoms with Crippen LogP contribution in [0.3, 0.4) is 0 Å². The van der Waals surface area contributed by atoms with Crippen molar-refractivity contribution >= 4 is 43.2 Å². The van der Waals surface area contributed by atoms with Gasteiger partial charge in [0.2, 0.25) is 5.91 Å². The van der Waals surface area contributed by atoms with Crippen LogP contribution in [0.4, 0.5) is 0 Å². The molecule has 0 aromatic rings. The molecule has 20 heteroatoms. The number of hydrogen-bond donors (Lipinski definition) is 5. The monoisotopic (exact) mass is 1560 g/mol. The molecule has 1 heterocycles. The van der Waals surface area contributed by atoms with E-state index in [4.69, 9.17) is 28.2 Å². The Morgan fingerprint density at radius 3 is 1.10 bits per heavy atom. The maximum atomic E-state index is 14.8. The molecule has 1 amide bonds. The van der Waals surface area contributed by atoms with Crippen molar-refractivity contribution < 1.29 is 81.5 Å². The first-order valence-electron chi connectivity index (χ1n) is 45.2. The molecule has 0 saturated carbocycles. The van der Waals surface area contributed by atoms with Crippen molar-refractivity contribution in [2.75, 3.05) is 39.5 Å². The van der Waals surface area contributed by atoms with E-state index in [9.17, 15) is 53.3 Å². The number of unbranched alkanes of at least 4 members (excludes halogenated alkanes) is 42. The van der Waals surface area contributed by atoms with Gasteiger partial charge in [-0.3, -0.25) is 33.3 Å². The van der Waals surface area contributed by atoms with Crippen LogP contribution in [-0.4, -0.2) is 143 Å². The molecule has 0 bridgehead atoms. The first-order chi connectivity index (χ1) is 52.3. The molecular formula is C88H169N2O17P. The Hall–Kier alpha value is -2.87. The number of phosphoric ester groups is 1. The number of ketones is 2. The van der Waals surface area contributed by atoms with Crippen LogP contribution >= 0.6 is 7.82 Å². The lowest BCUT2D eigenvalue weighted by atomic mass is 9.90. The summed E-state index contributed by atoms with van der Waals surface area (Å²) in [5.41, 5.74) is 0. The van der Waals surface area contributed by atoms with Gasteiger partial charge >= 0.3 is 25.7 Å². The van der Waals surface area contributed by atoms with Crippen LogP contribution in [0, 0.1) is 11.8 Å². The minimum absolute atomic E-state index is 0.0756. The SMILES string of the molecule is CCCCCCCCCCC[C@H](CC(=O)N[C@@H]1[C@@H](OCC[C@@H](CO)C(=O)C[C@@H](CCCCCCCCCCC)OC(=O)CCCCCCCCC)O[C@H](CO)[C@@H](OP(=O)(O)O)[C@@H]1OC(=O)C[C@@H](CCCCCCCCCCC)C(=O)CCCCCCCCC)OC(=O)CCCCCCCCC.CCN(CC)CC. The van der Waals surface area contributed by atoms with E-state index >= 15 is 0 Å². The van der Waals surface area contributed by atoms with E-state index in [1.807, 2.05) is 0 Å². The molecule has 108 heavy (non-hydrogen) atoms. The van der Waals surface area contributed by atoms with E-state index in [-0.39, 0.29) is 69.1 Å². The second-order valence-electron chi connectivity index (χ2n) is 31.4. The maximum absolute atomic E-state index is 14.8. The van der Waals surface area contributed by atoms with E-state index in [0.29, 0.717) is 51.4 Å². The molecule has 0 aromatic carbocycles. The highest BCUT2D eigenvalue weighted by atomic mass is 31.2. The minimum atomic E-state index is -5.48. The van der Waals surface area contributed by atoms with Crippen LogP contribution < -0.4 is 5.32 Å². The Labute approximate surface area is 660 Å². The van der Waals surface area contributed by atoms with Gasteiger partial charge in [0.25, 0.3) is 0 Å². The molecule has 19 nitrogen and oxygen atoms in total. The first kappa shape index (κ1) is 105. The highest BCUT2D eigenvalue weighted by Gasteiger charge is 2.52. The van der Waals surface area contributed by atoms with Gasteiger partial charge in [-0.2, -0.15) is 0 Å². The van der Waals surface area contributed by atoms with Crippen LogP contribution in [-0.2, 0) is 61.5 Å².